The molecule has 0 aromatic heterocycles. The first-order valence-electron chi connectivity index (χ1n) is 2.66. The van der Waals surface area contributed by atoms with Gasteiger partial charge in [-0.1, -0.05) is 0 Å². The molecule has 0 saturated carbocycles. The summed E-state index contributed by atoms with van der Waals surface area (Å²) in [4.78, 5) is 1.77. The number of nitrogens with two attached hydrogens (primary N) is 1. The highest BCUT2D eigenvalue weighted by atomic mass is 35.5. The Hall–Kier alpha value is -0.420. The van der Waals surface area contributed by atoms with E-state index >= 15 is 0 Å². The Kier molecular flexibility index (Phi) is 6.20. The van der Waals surface area contributed by atoms with Crippen LogP contribution in [-0.4, -0.2) is 12.0 Å². The molecule has 0 heterocycles. The molecule has 0 unspecified atom stereocenters. The normalized spacial score (nSPS) is 14.1. The summed E-state index contributed by atoms with van der Waals surface area (Å²) in [7, 11) is 0. The van der Waals surface area contributed by atoms with Crippen LogP contribution in [0.5, 0.6) is 0 Å². The Morgan fingerprint density at radius 1 is 1.50 bits per heavy atom. The van der Waals surface area contributed by atoms with Gasteiger partial charge in [0.15, 0.2) is 5.16 Å². The van der Waals surface area contributed by atoms with Crippen molar-refractivity contribution in [2.24, 2.45) is 5.73 Å². The molecule has 0 atom stereocenters. The third-order valence-electron chi connectivity index (χ3n) is 0.813. The van der Waals surface area contributed by atoms with E-state index in [1.807, 2.05) is 0 Å². The van der Waals surface area contributed by atoms with Gasteiger partial charge >= 0.3 is 12.0 Å². The predicted octanol–water partition coefficient (Wildman–Crippen LogP) is -2.91. The quantitative estimate of drug-likeness (QED) is 0.279. The first-order chi connectivity index (χ1) is 4.88. The summed E-state index contributed by atoms with van der Waals surface area (Å²) in [6.07, 6.45) is -3.29. The molecular weight excluding hydrogens is 216 g/mol. The van der Waals surface area contributed by atoms with Crippen LogP contribution < -0.4 is 23.1 Å². The minimum absolute atomic E-state index is 0. The maximum atomic E-state index is 11.6. The summed E-state index contributed by atoms with van der Waals surface area (Å²) in [6.45, 7) is 1.49. The van der Waals surface area contributed by atoms with E-state index in [0.717, 1.165) is 0 Å². The molecule has 0 aliphatic carbocycles. The zero-order valence-electron chi connectivity index (χ0n) is 6.04. The molecule has 0 bridgehead atoms. The van der Waals surface area contributed by atoms with Crippen molar-refractivity contribution >= 4 is 17.4 Å². The van der Waals surface area contributed by atoms with Crippen molar-refractivity contribution in [2.45, 2.75) is 13.1 Å². The lowest BCUT2D eigenvalue weighted by Crippen LogP contribution is -3.00. The molecule has 0 rings (SSSR count). The lowest BCUT2D eigenvalue weighted by molar-refractivity contribution is -0.397. The van der Waals surface area contributed by atoms with Crippen molar-refractivity contribution in [1.29, 1.82) is 0 Å². The third-order valence-corrected chi connectivity index (χ3v) is 1.13. The van der Waals surface area contributed by atoms with E-state index in [1.54, 1.807) is 4.99 Å². The monoisotopic (exact) mass is 222 g/mol. The topological polar surface area (TPSA) is 40.0 Å². The molecule has 0 spiro atoms. The van der Waals surface area contributed by atoms with Gasteiger partial charge in [-0.3, -0.25) is 5.73 Å². The fourth-order valence-electron chi connectivity index (χ4n) is 0.272. The van der Waals surface area contributed by atoms with E-state index in [9.17, 15) is 13.2 Å². The van der Waals surface area contributed by atoms with Crippen molar-refractivity contribution in [3.63, 3.8) is 0 Å². The number of hydrogen-bond acceptors (Lipinski definition) is 0. The number of amidine groups is 1. The molecule has 7 heteroatoms. The molecule has 0 aliphatic rings. The van der Waals surface area contributed by atoms with Gasteiger partial charge in [-0.15, -0.1) is 0 Å². The summed E-state index contributed by atoms with van der Waals surface area (Å²) in [6, 6.07) is 0. The van der Waals surface area contributed by atoms with E-state index in [1.165, 1.54) is 13.0 Å². The molecule has 3 N–H and O–H groups in total. The van der Waals surface area contributed by atoms with Crippen molar-refractivity contribution < 1.29 is 30.6 Å². The molecule has 0 aliphatic heterocycles. The smallest absolute Gasteiger partial charge is 0.494 e. The number of nitrogens with one attached hydrogen (secondary N) is 1. The van der Waals surface area contributed by atoms with Crippen molar-refractivity contribution in [1.82, 2.24) is 0 Å². The zero-order valence-corrected chi connectivity index (χ0v) is 7.56. The van der Waals surface area contributed by atoms with Gasteiger partial charge < -0.3 is 12.4 Å². The van der Waals surface area contributed by atoms with Gasteiger partial charge in [-0.05, 0) is 24.6 Å². The Balaban J connectivity index is 0. The van der Waals surface area contributed by atoms with Gasteiger partial charge in [0.05, 0.1) is 0 Å². The Labute approximate surface area is 78.7 Å². The van der Waals surface area contributed by atoms with Crippen LogP contribution >= 0.6 is 11.6 Å². The number of alkyl halides is 3. The van der Waals surface area contributed by atoms with Crippen LogP contribution in [0.2, 0.25) is 0 Å². The standard InChI is InChI=1S/C5H6ClF3N2.ClH/c1-2-3(6)11-4(10)5(7,8)9;/h2H,1H3,(H2,10,11);1H/b3-2+;. The van der Waals surface area contributed by atoms with Crippen molar-refractivity contribution in [3.8, 4) is 0 Å². The van der Waals surface area contributed by atoms with Gasteiger partial charge in [0.1, 0.15) is 0 Å². The van der Waals surface area contributed by atoms with E-state index in [0.29, 0.717) is 0 Å². The maximum Gasteiger partial charge on any atom is 0.494 e. The lowest BCUT2D eigenvalue weighted by atomic mass is 10.6. The molecule has 0 fully saturated rings. The second-order valence-corrected chi connectivity index (χ2v) is 2.08. The van der Waals surface area contributed by atoms with E-state index < -0.39 is 12.0 Å². The van der Waals surface area contributed by atoms with Gasteiger partial charge in [0.2, 0.25) is 0 Å². The number of rotatable bonds is 1. The molecular formula is C5H7Cl2F3N2. The third kappa shape index (κ3) is 5.26. The summed E-state index contributed by atoms with van der Waals surface area (Å²) in [5.41, 5.74) is 4.58. The molecule has 0 amide bonds. The summed E-state index contributed by atoms with van der Waals surface area (Å²) < 4.78 is 34.9. The summed E-state index contributed by atoms with van der Waals surface area (Å²) in [5, 5.41) is -0.153. The minimum Gasteiger partial charge on any atom is -1.00 e. The molecule has 0 saturated heterocycles. The van der Waals surface area contributed by atoms with Crippen LogP contribution in [-0.2, 0) is 0 Å². The van der Waals surface area contributed by atoms with Gasteiger partial charge in [0, 0.05) is 0 Å². The van der Waals surface area contributed by atoms with Gasteiger partial charge in [0.25, 0.3) is 0 Å². The number of allylic oxidation sites excluding steroid dienone is 1. The highest BCUT2D eigenvalue weighted by Gasteiger charge is 2.39. The molecule has 0 aromatic carbocycles. The average Bonchev–Trinajstić information content (AvgIpc) is 1.85. The van der Waals surface area contributed by atoms with Crippen LogP contribution in [0.4, 0.5) is 13.2 Å². The first-order valence-corrected chi connectivity index (χ1v) is 3.04. The molecule has 72 valence electrons. The average molecular weight is 223 g/mol. The predicted molar refractivity (Wildman–Crippen MR) is 35.8 cm³/mol. The second kappa shape index (κ2) is 5.27. The molecule has 2 nitrogen and oxygen atoms in total. The summed E-state index contributed by atoms with van der Waals surface area (Å²) >= 11 is 5.22. The van der Waals surface area contributed by atoms with Gasteiger partial charge in [-0.2, -0.15) is 13.2 Å². The van der Waals surface area contributed by atoms with Crippen molar-refractivity contribution in [2.75, 3.05) is 0 Å². The lowest BCUT2D eigenvalue weighted by Gasteiger charge is -1.97. The zero-order chi connectivity index (χ0) is 9.07. The van der Waals surface area contributed by atoms with Crippen LogP contribution in [0.15, 0.2) is 11.2 Å². The minimum atomic E-state index is -4.55. The largest absolute Gasteiger partial charge is 1.00 e. The molecule has 12 heavy (non-hydrogen) atoms. The van der Waals surface area contributed by atoms with E-state index in [-0.39, 0.29) is 17.6 Å². The molecule has 0 radical (unpaired) electrons. The fraction of sp³-hybridized carbons (Fsp3) is 0.400. The Bertz CT molecular complexity index is 197. The SMILES string of the molecule is C/C=C(Cl)/[NH+]=C(/N)C(F)(F)F.[Cl-]. The van der Waals surface area contributed by atoms with Crippen LogP contribution in [0.1, 0.15) is 6.92 Å². The van der Waals surface area contributed by atoms with Crippen LogP contribution in [0.25, 0.3) is 0 Å². The van der Waals surface area contributed by atoms with E-state index in [2.05, 4.69) is 5.73 Å². The summed E-state index contributed by atoms with van der Waals surface area (Å²) in [5.74, 6) is -1.32. The Morgan fingerprint density at radius 3 is 2.17 bits per heavy atom. The second-order valence-electron chi connectivity index (χ2n) is 1.67. The maximum absolute atomic E-state index is 11.6. The number of hydrogen-bond donors (Lipinski definition) is 2. The Morgan fingerprint density at radius 2 is 1.92 bits per heavy atom. The highest BCUT2D eigenvalue weighted by molar-refractivity contribution is 6.27. The van der Waals surface area contributed by atoms with E-state index in [4.69, 9.17) is 11.6 Å². The fourth-order valence-corrected chi connectivity index (χ4v) is 0.373. The number of halogens is 5. The van der Waals surface area contributed by atoms with Crippen LogP contribution in [0.3, 0.4) is 0 Å². The van der Waals surface area contributed by atoms with Crippen molar-refractivity contribution in [3.05, 3.63) is 11.2 Å². The van der Waals surface area contributed by atoms with Crippen LogP contribution in [0, 0.1) is 0 Å². The first kappa shape index (κ1) is 14.1. The molecule has 0 aromatic rings. The highest BCUT2D eigenvalue weighted by Crippen LogP contribution is 2.11. The van der Waals surface area contributed by atoms with Gasteiger partial charge in [-0.25, -0.2) is 4.99 Å².